The van der Waals surface area contributed by atoms with Gasteiger partial charge in [-0.25, -0.2) is 4.68 Å². The molecule has 0 spiro atoms. The molecule has 1 saturated carbocycles. The summed E-state index contributed by atoms with van der Waals surface area (Å²) < 4.78 is 7.29. The minimum Gasteiger partial charge on any atom is -0.481 e. The van der Waals surface area contributed by atoms with E-state index in [4.69, 9.17) is 4.74 Å². The summed E-state index contributed by atoms with van der Waals surface area (Å²) in [6.07, 6.45) is 5.55. The lowest BCUT2D eigenvalue weighted by Crippen LogP contribution is -2.49. The van der Waals surface area contributed by atoms with Crippen molar-refractivity contribution < 1.29 is 9.53 Å². The molecule has 1 atom stereocenters. The molecule has 7 nitrogen and oxygen atoms in total. The quantitative estimate of drug-likeness (QED) is 0.880. The number of likely N-dealkylation sites (tertiary alicyclic amines) is 1. The van der Waals surface area contributed by atoms with E-state index in [1.54, 1.807) is 11.8 Å². The summed E-state index contributed by atoms with van der Waals surface area (Å²) in [4.78, 5) is 14.8. The van der Waals surface area contributed by atoms with E-state index < -0.39 is 5.54 Å². The lowest BCUT2D eigenvalue weighted by molar-refractivity contribution is -0.123. The van der Waals surface area contributed by atoms with E-state index in [9.17, 15) is 10.1 Å². The number of aryl methyl sites for hydroxylation is 2. The second-order valence-corrected chi connectivity index (χ2v) is 7.21. The zero-order valence-corrected chi connectivity index (χ0v) is 15.3. The molecular weight excluding hydrogens is 318 g/mol. The summed E-state index contributed by atoms with van der Waals surface area (Å²) in [6.45, 7) is 3.17. The molecule has 3 rings (SSSR count). The van der Waals surface area contributed by atoms with Gasteiger partial charge in [0.05, 0.1) is 31.0 Å². The van der Waals surface area contributed by atoms with Crippen LogP contribution in [0.4, 0.5) is 0 Å². The third kappa shape index (κ3) is 3.36. The largest absolute Gasteiger partial charge is 0.481 e. The monoisotopic (exact) mass is 345 g/mol. The van der Waals surface area contributed by atoms with E-state index in [-0.39, 0.29) is 11.9 Å². The van der Waals surface area contributed by atoms with Crippen molar-refractivity contribution in [1.82, 2.24) is 20.0 Å². The van der Waals surface area contributed by atoms with Gasteiger partial charge >= 0.3 is 0 Å². The highest BCUT2D eigenvalue weighted by Crippen LogP contribution is 2.38. The number of nitrogens with zero attached hydrogens (tertiary/aromatic N) is 4. The topological polar surface area (TPSA) is 83.2 Å². The fraction of sp³-hybridized carbons (Fsp3) is 0.722. The molecule has 7 heteroatoms. The number of nitriles is 1. The lowest BCUT2D eigenvalue weighted by Gasteiger charge is -2.27. The fourth-order valence-electron chi connectivity index (χ4n) is 4.36. The van der Waals surface area contributed by atoms with Gasteiger partial charge in [0.2, 0.25) is 11.8 Å². The van der Waals surface area contributed by atoms with Crippen molar-refractivity contribution in [1.29, 1.82) is 5.26 Å². The molecule has 1 aromatic heterocycles. The number of hydrogen-bond acceptors (Lipinski definition) is 5. The van der Waals surface area contributed by atoms with Crippen LogP contribution in [-0.2, 0) is 11.8 Å². The molecule has 2 heterocycles. The first-order valence-electron chi connectivity index (χ1n) is 9.03. The predicted molar refractivity (Wildman–Crippen MR) is 93.0 cm³/mol. The van der Waals surface area contributed by atoms with Crippen LogP contribution in [0, 0.1) is 18.3 Å². The van der Waals surface area contributed by atoms with Gasteiger partial charge in [0.1, 0.15) is 5.54 Å². The molecule has 0 radical (unpaired) electrons. The van der Waals surface area contributed by atoms with E-state index in [0.29, 0.717) is 6.54 Å². The summed E-state index contributed by atoms with van der Waals surface area (Å²) in [7, 11) is 3.53. The van der Waals surface area contributed by atoms with Gasteiger partial charge in [-0.3, -0.25) is 9.69 Å². The molecule has 1 N–H and O–H groups in total. The standard InChI is InChI=1S/C18H27N5O2/c1-13-16(17(25-3)22(2)21-13)14-7-6-10-23(14)11-15(24)20-18(12-19)8-4-5-9-18/h14H,4-11H2,1-3H3,(H,20,24)/t14-/m1/s1. The molecule has 2 aliphatic rings. The Labute approximate surface area is 148 Å². The summed E-state index contributed by atoms with van der Waals surface area (Å²) in [5.41, 5.74) is 1.36. The van der Waals surface area contributed by atoms with Crippen molar-refractivity contribution in [3.05, 3.63) is 11.3 Å². The van der Waals surface area contributed by atoms with E-state index in [1.165, 1.54) is 0 Å². The first kappa shape index (κ1) is 17.7. The number of amides is 1. The van der Waals surface area contributed by atoms with E-state index >= 15 is 0 Å². The highest BCUT2D eigenvalue weighted by atomic mass is 16.5. The van der Waals surface area contributed by atoms with Crippen LogP contribution in [0.2, 0.25) is 0 Å². The van der Waals surface area contributed by atoms with Crippen LogP contribution in [-0.4, -0.2) is 46.3 Å². The van der Waals surface area contributed by atoms with E-state index in [2.05, 4.69) is 21.4 Å². The molecule has 1 aromatic rings. The van der Waals surface area contributed by atoms with Gasteiger partial charge in [-0.05, 0) is 52.0 Å². The third-order valence-corrected chi connectivity index (χ3v) is 5.50. The van der Waals surface area contributed by atoms with Crippen molar-refractivity contribution in [3.8, 4) is 11.9 Å². The predicted octanol–water partition coefficient (Wildman–Crippen LogP) is 1.83. The molecule has 0 aromatic carbocycles. The van der Waals surface area contributed by atoms with Crippen LogP contribution < -0.4 is 10.1 Å². The second kappa shape index (κ2) is 7.04. The number of carbonyl (C=O) groups excluding carboxylic acids is 1. The lowest BCUT2D eigenvalue weighted by atomic mass is 10.00. The van der Waals surface area contributed by atoms with Gasteiger partial charge in [0, 0.05) is 13.1 Å². The Morgan fingerprint density at radius 3 is 2.80 bits per heavy atom. The summed E-state index contributed by atoms with van der Waals surface area (Å²) in [5.74, 6) is 0.704. The van der Waals surface area contributed by atoms with Crippen LogP contribution in [0.1, 0.15) is 55.8 Å². The van der Waals surface area contributed by atoms with Gasteiger partial charge in [-0.15, -0.1) is 0 Å². The zero-order chi connectivity index (χ0) is 18.0. The van der Waals surface area contributed by atoms with Gasteiger partial charge < -0.3 is 10.1 Å². The number of ether oxygens (including phenoxy) is 1. The Morgan fingerprint density at radius 2 is 2.16 bits per heavy atom. The van der Waals surface area contributed by atoms with Crippen molar-refractivity contribution in [2.45, 2.75) is 57.0 Å². The Bertz CT molecular complexity index is 684. The fourth-order valence-corrected chi connectivity index (χ4v) is 4.36. The SMILES string of the molecule is COc1c([C@H]2CCCN2CC(=O)NC2(C#N)CCCC2)c(C)nn1C. The van der Waals surface area contributed by atoms with Crippen molar-refractivity contribution in [3.63, 3.8) is 0 Å². The highest BCUT2D eigenvalue weighted by molar-refractivity contribution is 5.79. The highest BCUT2D eigenvalue weighted by Gasteiger charge is 2.37. The maximum absolute atomic E-state index is 12.6. The van der Waals surface area contributed by atoms with Crippen LogP contribution in [0.15, 0.2) is 0 Å². The van der Waals surface area contributed by atoms with Crippen LogP contribution >= 0.6 is 0 Å². The van der Waals surface area contributed by atoms with Crippen LogP contribution in [0.5, 0.6) is 5.88 Å². The summed E-state index contributed by atoms with van der Waals surface area (Å²) in [6, 6.07) is 2.46. The molecule has 1 aliphatic heterocycles. The normalized spacial score (nSPS) is 22.7. The number of methoxy groups -OCH3 is 1. The summed E-state index contributed by atoms with van der Waals surface area (Å²) >= 11 is 0. The van der Waals surface area contributed by atoms with Gasteiger partial charge in [-0.2, -0.15) is 10.4 Å². The average Bonchev–Trinajstić information content (AvgIpc) is 3.27. The number of rotatable bonds is 5. The molecule has 0 bridgehead atoms. The smallest absolute Gasteiger partial charge is 0.235 e. The first-order valence-corrected chi connectivity index (χ1v) is 9.03. The van der Waals surface area contributed by atoms with Crippen molar-refractivity contribution >= 4 is 5.91 Å². The van der Waals surface area contributed by atoms with Crippen LogP contribution in [0.25, 0.3) is 0 Å². The van der Waals surface area contributed by atoms with Crippen LogP contribution in [0.3, 0.4) is 0 Å². The number of nitrogens with one attached hydrogen (secondary N) is 1. The van der Waals surface area contributed by atoms with Crippen molar-refractivity contribution in [2.75, 3.05) is 20.2 Å². The molecular formula is C18H27N5O2. The molecule has 136 valence electrons. The minimum atomic E-state index is -0.659. The maximum Gasteiger partial charge on any atom is 0.235 e. The van der Waals surface area contributed by atoms with Gasteiger partial charge in [0.25, 0.3) is 0 Å². The Hall–Kier alpha value is -2.07. The molecule has 1 saturated heterocycles. The first-order chi connectivity index (χ1) is 12.0. The number of aromatic nitrogens is 2. The average molecular weight is 345 g/mol. The Balaban J connectivity index is 1.72. The summed E-state index contributed by atoms with van der Waals surface area (Å²) in [5, 5.41) is 16.9. The Kier molecular flexibility index (Phi) is 5.00. The number of carbonyl (C=O) groups is 1. The Morgan fingerprint density at radius 1 is 1.44 bits per heavy atom. The van der Waals surface area contributed by atoms with Gasteiger partial charge in [-0.1, -0.05) is 0 Å². The molecule has 0 unspecified atom stereocenters. The molecule has 1 amide bonds. The van der Waals surface area contributed by atoms with Crippen molar-refractivity contribution in [2.24, 2.45) is 7.05 Å². The number of hydrogen-bond donors (Lipinski definition) is 1. The van der Waals surface area contributed by atoms with E-state index in [0.717, 1.165) is 62.2 Å². The maximum atomic E-state index is 12.6. The second-order valence-electron chi connectivity index (χ2n) is 7.21. The molecule has 1 aliphatic carbocycles. The molecule has 25 heavy (non-hydrogen) atoms. The van der Waals surface area contributed by atoms with Gasteiger partial charge in [0.15, 0.2) is 0 Å². The third-order valence-electron chi connectivity index (χ3n) is 5.50. The van der Waals surface area contributed by atoms with E-state index in [1.807, 2.05) is 14.0 Å². The molecule has 2 fully saturated rings. The zero-order valence-electron chi connectivity index (χ0n) is 15.3. The minimum absolute atomic E-state index is 0.0594.